The number of carbonyl (C=O) groups is 1. The molecule has 0 bridgehead atoms. The van der Waals surface area contributed by atoms with Gasteiger partial charge in [-0.1, -0.05) is 46.2 Å². The molecule has 2 unspecified atom stereocenters. The lowest BCUT2D eigenvalue weighted by molar-refractivity contribution is -0.151. The molecule has 0 N–H and O–H groups in total. The summed E-state index contributed by atoms with van der Waals surface area (Å²) in [5.41, 5.74) is 1.26. The number of ether oxygens (including phenoxy) is 1. The fraction of sp³-hybridized carbons (Fsp3) is 0.667. The summed E-state index contributed by atoms with van der Waals surface area (Å²) in [5, 5.41) is 0.189. The Kier molecular flexibility index (Phi) is 6.36. The molecule has 0 aromatic heterocycles. The van der Waals surface area contributed by atoms with Crippen LogP contribution in [0.25, 0.3) is 0 Å². The summed E-state index contributed by atoms with van der Waals surface area (Å²) in [6.45, 7) is 13.1. The van der Waals surface area contributed by atoms with Gasteiger partial charge in [0.1, 0.15) is 11.9 Å². The van der Waals surface area contributed by atoms with Crippen molar-refractivity contribution in [2.24, 2.45) is 0 Å². The Morgan fingerprint density at radius 1 is 1.12 bits per heavy atom. The number of carbonyl (C=O) groups excluding carboxylic acids is 1. The van der Waals surface area contributed by atoms with E-state index in [1.54, 1.807) is 0 Å². The maximum absolute atomic E-state index is 11.7. The molecule has 0 radical (unpaired) electrons. The predicted octanol–water partition coefficient (Wildman–Crippen LogP) is 6.05. The minimum absolute atomic E-state index is 0.0216. The summed E-state index contributed by atoms with van der Waals surface area (Å²) in [6, 6.07) is 8.49. The van der Waals surface area contributed by atoms with Crippen molar-refractivity contribution in [3.05, 3.63) is 29.8 Å². The van der Waals surface area contributed by atoms with Crippen molar-refractivity contribution >= 4 is 14.3 Å². The molecule has 1 aliphatic carbocycles. The summed E-state index contributed by atoms with van der Waals surface area (Å²) in [7, 11) is -1.81. The lowest BCUT2D eigenvalue weighted by atomic mass is 9.81. The molecule has 0 aliphatic heterocycles. The average molecular weight is 363 g/mol. The molecule has 0 spiro atoms. The Labute approximate surface area is 154 Å². The lowest BCUT2D eigenvalue weighted by Crippen LogP contribution is -2.43. The van der Waals surface area contributed by atoms with E-state index in [0.29, 0.717) is 12.3 Å². The molecule has 2 rings (SSSR count). The zero-order chi connectivity index (χ0) is 18.7. The molecule has 1 aromatic rings. The van der Waals surface area contributed by atoms with Crippen LogP contribution in [0.4, 0.5) is 0 Å². The maximum Gasteiger partial charge on any atom is 0.305 e. The van der Waals surface area contributed by atoms with Gasteiger partial charge >= 0.3 is 5.97 Å². The normalized spacial score (nSPS) is 21.7. The van der Waals surface area contributed by atoms with Gasteiger partial charge in [0.15, 0.2) is 0 Å². The van der Waals surface area contributed by atoms with E-state index in [-0.39, 0.29) is 17.1 Å². The number of hydrogen-bond acceptors (Lipinski definition) is 3. The quantitative estimate of drug-likeness (QED) is 0.472. The summed E-state index contributed by atoms with van der Waals surface area (Å²) in [6.07, 6.45) is 4.87. The van der Waals surface area contributed by atoms with E-state index in [0.717, 1.165) is 25.0 Å². The van der Waals surface area contributed by atoms with Crippen molar-refractivity contribution in [2.45, 2.75) is 90.0 Å². The maximum atomic E-state index is 11.7. The van der Waals surface area contributed by atoms with Gasteiger partial charge in [0.05, 0.1) is 0 Å². The molecule has 4 heteroatoms. The summed E-state index contributed by atoms with van der Waals surface area (Å²) in [5.74, 6) is 1.18. The van der Waals surface area contributed by atoms with Crippen LogP contribution in [0.3, 0.4) is 0 Å². The number of rotatable bonds is 5. The average Bonchev–Trinajstić information content (AvgIpc) is 2.54. The molecule has 1 aromatic carbocycles. The molecule has 1 aliphatic rings. The highest BCUT2D eigenvalue weighted by molar-refractivity contribution is 6.74. The molecule has 2 atom stereocenters. The first-order chi connectivity index (χ1) is 11.6. The lowest BCUT2D eigenvalue weighted by Gasteiger charge is -2.36. The first-order valence-corrected chi connectivity index (χ1v) is 12.5. The second kappa shape index (κ2) is 7.94. The van der Waals surface area contributed by atoms with Crippen LogP contribution < -0.4 is 4.43 Å². The minimum atomic E-state index is -1.81. The second-order valence-corrected chi connectivity index (χ2v) is 13.4. The third-order valence-corrected chi connectivity index (χ3v) is 10.1. The van der Waals surface area contributed by atoms with E-state index >= 15 is 0 Å². The fourth-order valence-electron chi connectivity index (χ4n) is 3.10. The molecule has 1 saturated carbocycles. The third kappa shape index (κ3) is 5.10. The summed E-state index contributed by atoms with van der Waals surface area (Å²) < 4.78 is 12.1. The van der Waals surface area contributed by atoms with Gasteiger partial charge in [0.2, 0.25) is 8.32 Å². The molecule has 0 heterocycles. The van der Waals surface area contributed by atoms with Gasteiger partial charge in [-0.05, 0) is 55.1 Å². The molecule has 1 fully saturated rings. The fourth-order valence-corrected chi connectivity index (χ4v) is 4.13. The molecule has 3 nitrogen and oxygen atoms in total. The van der Waals surface area contributed by atoms with Crippen molar-refractivity contribution in [1.82, 2.24) is 0 Å². The molecular formula is C21H34O3Si. The van der Waals surface area contributed by atoms with Crippen LogP contribution in [0.2, 0.25) is 18.1 Å². The Morgan fingerprint density at radius 3 is 2.28 bits per heavy atom. The zero-order valence-corrected chi connectivity index (χ0v) is 17.7. The first-order valence-electron chi connectivity index (χ1n) is 9.62. The van der Waals surface area contributed by atoms with Crippen molar-refractivity contribution in [3.63, 3.8) is 0 Å². The van der Waals surface area contributed by atoms with E-state index in [1.807, 2.05) is 6.92 Å². The van der Waals surface area contributed by atoms with E-state index < -0.39 is 8.32 Å². The SMILES string of the molecule is CCC(=O)OC1CCCCC1c1ccc(O[Si](C)(C)C(C)(C)C)cc1. The summed E-state index contributed by atoms with van der Waals surface area (Å²) >= 11 is 0. The van der Waals surface area contributed by atoms with Crippen molar-refractivity contribution < 1.29 is 14.0 Å². The van der Waals surface area contributed by atoms with Gasteiger partial charge in [0, 0.05) is 12.3 Å². The molecule has 140 valence electrons. The number of hydrogen-bond donors (Lipinski definition) is 0. The van der Waals surface area contributed by atoms with Gasteiger partial charge < -0.3 is 9.16 Å². The Bertz CT molecular complexity index is 572. The Balaban J connectivity index is 2.11. The van der Waals surface area contributed by atoms with Gasteiger partial charge in [-0.15, -0.1) is 0 Å². The van der Waals surface area contributed by atoms with Crippen LogP contribution in [-0.2, 0) is 9.53 Å². The highest BCUT2D eigenvalue weighted by Crippen LogP contribution is 2.39. The number of benzene rings is 1. The predicted molar refractivity (Wildman–Crippen MR) is 106 cm³/mol. The van der Waals surface area contributed by atoms with Crippen LogP contribution in [0.1, 0.15) is 71.3 Å². The Morgan fingerprint density at radius 2 is 1.72 bits per heavy atom. The third-order valence-electron chi connectivity index (χ3n) is 5.76. The monoisotopic (exact) mass is 362 g/mol. The van der Waals surface area contributed by atoms with Crippen LogP contribution in [-0.4, -0.2) is 20.4 Å². The standard InChI is InChI=1S/C21H34O3Si/c1-7-20(22)23-19-11-9-8-10-18(19)16-12-14-17(15-13-16)24-25(5,6)21(2,3)4/h12-15,18-19H,7-11H2,1-6H3. The first kappa shape index (κ1) is 20.0. The smallest absolute Gasteiger partial charge is 0.305 e. The minimum Gasteiger partial charge on any atom is -0.544 e. The Hall–Kier alpha value is -1.29. The summed E-state index contributed by atoms with van der Waals surface area (Å²) in [4.78, 5) is 11.7. The van der Waals surface area contributed by atoms with Crippen molar-refractivity contribution in [1.29, 1.82) is 0 Å². The van der Waals surface area contributed by atoms with Gasteiger partial charge in [-0.2, -0.15) is 0 Å². The van der Waals surface area contributed by atoms with Gasteiger partial charge in [-0.25, -0.2) is 0 Å². The highest BCUT2D eigenvalue weighted by atomic mass is 28.4. The van der Waals surface area contributed by atoms with Crippen molar-refractivity contribution in [3.8, 4) is 5.75 Å². The van der Waals surface area contributed by atoms with Crippen LogP contribution in [0, 0.1) is 0 Å². The van der Waals surface area contributed by atoms with Crippen LogP contribution in [0.5, 0.6) is 5.75 Å². The van der Waals surface area contributed by atoms with E-state index in [1.165, 1.54) is 12.0 Å². The van der Waals surface area contributed by atoms with E-state index in [2.05, 4.69) is 58.1 Å². The molecule has 0 saturated heterocycles. The highest BCUT2D eigenvalue weighted by Gasteiger charge is 2.39. The zero-order valence-electron chi connectivity index (χ0n) is 16.7. The topological polar surface area (TPSA) is 35.5 Å². The van der Waals surface area contributed by atoms with Crippen molar-refractivity contribution in [2.75, 3.05) is 0 Å². The van der Waals surface area contributed by atoms with Crippen LogP contribution >= 0.6 is 0 Å². The second-order valence-electron chi connectivity index (χ2n) is 8.70. The van der Waals surface area contributed by atoms with Crippen LogP contribution in [0.15, 0.2) is 24.3 Å². The largest absolute Gasteiger partial charge is 0.544 e. The van der Waals surface area contributed by atoms with E-state index in [4.69, 9.17) is 9.16 Å². The van der Waals surface area contributed by atoms with Gasteiger partial charge in [-0.3, -0.25) is 4.79 Å². The van der Waals surface area contributed by atoms with Gasteiger partial charge in [0.25, 0.3) is 0 Å². The van der Waals surface area contributed by atoms with E-state index in [9.17, 15) is 4.79 Å². The molecular weight excluding hydrogens is 328 g/mol. The number of esters is 1. The molecule has 25 heavy (non-hydrogen) atoms. The molecule has 0 amide bonds.